The Hall–Kier alpha value is -1.15. The van der Waals surface area contributed by atoms with Crippen LogP contribution in [0.1, 0.15) is 5.56 Å². The van der Waals surface area contributed by atoms with Crippen LogP contribution in [-0.2, 0) is 16.0 Å². The molecule has 1 aromatic heterocycles. The molecule has 1 heterocycles. The van der Waals surface area contributed by atoms with Crippen LogP contribution in [0.2, 0.25) is 0 Å². The van der Waals surface area contributed by atoms with Gasteiger partial charge >= 0.3 is 0 Å². The van der Waals surface area contributed by atoms with Gasteiger partial charge in [-0.3, -0.25) is 4.79 Å². The Kier molecular flexibility index (Phi) is 6.83. The van der Waals surface area contributed by atoms with Crippen LogP contribution in [-0.4, -0.2) is 55.6 Å². The van der Waals surface area contributed by atoms with Crippen LogP contribution in [0.15, 0.2) is 22.4 Å². The Balaban J connectivity index is 1.95. The quantitative estimate of drug-likeness (QED) is 0.583. The minimum absolute atomic E-state index is 0.0613. The number of thiophene rings is 1. The maximum atomic E-state index is 14.5. The molecule has 4 nitrogen and oxygen atoms in total. The summed E-state index contributed by atoms with van der Waals surface area (Å²) in [4.78, 5) is 13.7. The van der Waals surface area contributed by atoms with Gasteiger partial charge in [-0.15, -0.1) is 23.1 Å². The van der Waals surface area contributed by atoms with Gasteiger partial charge in [0.15, 0.2) is 0 Å². The smallest absolute Gasteiger partial charge is 0.248 e. The van der Waals surface area contributed by atoms with Crippen LogP contribution >= 0.6 is 23.1 Å². The Morgan fingerprint density at radius 1 is 1.52 bits per heavy atom. The van der Waals surface area contributed by atoms with Crippen molar-refractivity contribution >= 4 is 39.1 Å². The number of aliphatic hydroxyl groups excluding tert-OH is 1. The van der Waals surface area contributed by atoms with E-state index in [1.165, 1.54) is 28.0 Å². The van der Waals surface area contributed by atoms with E-state index in [1.54, 1.807) is 7.05 Å². The average molecular weight is 357 g/mol. The molecule has 0 atom stereocenters. The first-order valence-corrected chi connectivity index (χ1v) is 9.34. The van der Waals surface area contributed by atoms with Crippen molar-refractivity contribution in [1.29, 1.82) is 0 Å². The van der Waals surface area contributed by atoms with Gasteiger partial charge in [-0.1, -0.05) is 0 Å². The summed E-state index contributed by atoms with van der Waals surface area (Å²) in [5.41, 5.74) is 0.608. The van der Waals surface area contributed by atoms with Gasteiger partial charge in [0, 0.05) is 13.6 Å². The van der Waals surface area contributed by atoms with Crippen molar-refractivity contribution in [1.82, 2.24) is 4.90 Å². The van der Waals surface area contributed by atoms with Gasteiger partial charge in [0.05, 0.1) is 22.8 Å². The van der Waals surface area contributed by atoms with Crippen LogP contribution in [0, 0.1) is 5.82 Å². The molecule has 0 spiro atoms. The lowest BCUT2D eigenvalue weighted by molar-refractivity contribution is -0.135. The number of halogens is 1. The van der Waals surface area contributed by atoms with Crippen molar-refractivity contribution in [3.63, 3.8) is 0 Å². The van der Waals surface area contributed by atoms with E-state index < -0.39 is 0 Å². The first-order valence-electron chi connectivity index (χ1n) is 7.23. The molecular weight excluding hydrogens is 337 g/mol. The number of rotatable bonds is 8. The summed E-state index contributed by atoms with van der Waals surface area (Å²) >= 11 is 2.95. The number of likely N-dealkylation sites (N-methyl/N-ethyl adjacent to an activating group) is 1. The van der Waals surface area contributed by atoms with E-state index in [0.717, 1.165) is 10.1 Å². The van der Waals surface area contributed by atoms with Gasteiger partial charge in [0.25, 0.3) is 0 Å². The number of carbonyl (C=O) groups excluding carboxylic acids is 1. The summed E-state index contributed by atoms with van der Waals surface area (Å²) in [6.45, 7) is 0.418. The molecule has 1 aromatic carbocycles. The number of nitrogens with zero attached hydrogens (tertiary/aromatic N) is 1. The molecule has 0 unspecified atom stereocenters. The van der Waals surface area contributed by atoms with Crippen molar-refractivity contribution in [3.8, 4) is 0 Å². The lowest BCUT2D eigenvalue weighted by Crippen LogP contribution is -2.32. The zero-order valence-electron chi connectivity index (χ0n) is 13.2. The maximum absolute atomic E-state index is 14.5. The minimum atomic E-state index is -0.197. The fourth-order valence-corrected chi connectivity index (χ4v) is 4.02. The van der Waals surface area contributed by atoms with Gasteiger partial charge < -0.3 is 14.7 Å². The molecule has 0 saturated carbocycles. The molecule has 2 aromatic rings. The van der Waals surface area contributed by atoms with Crippen LogP contribution in [0.5, 0.6) is 0 Å². The second-order valence-electron chi connectivity index (χ2n) is 5.06. The second-order valence-corrected chi connectivity index (χ2v) is 6.80. The molecule has 0 bridgehead atoms. The summed E-state index contributed by atoms with van der Waals surface area (Å²) in [5, 5.41) is 11.8. The number of amides is 1. The molecule has 23 heavy (non-hydrogen) atoms. The molecule has 0 aliphatic heterocycles. The van der Waals surface area contributed by atoms with E-state index >= 15 is 0 Å². The number of carbonyl (C=O) groups is 1. The van der Waals surface area contributed by atoms with Crippen LogP contribution in [0.3, 0.4) is 0 Å². The Labute approximate surface area is 143 Å². The lowest BCUT2D eigenvalue weighted by Gasteiger charge is -2.15. The van der Waals surface area contributed by atoms with E-state index in [0.29, 0.717) is 16.9 Å². The topological polar surface area (TPSA) is 49.8 Å². The highest BCUT2D eigenvalue weighted by molar-refractivity contribution is 7.99. The van der Waals surface area contributed by atoms with Crippen LogP contribution < -0.4 is 0 Å². The predicted octanol–water partition coefficient (Wildman–Crippen LogP) is 2.77. The monoisotopic (exact) mass is 357 g/mol. The van der Waals surface area contributed by atoms with Gasteiger partial charge in [-0.05, 0) is 41.1 Å². The second kappa shape index (κ2) is 8.63. The van der Waals surface area contributed by atoms with Crippen molar-refractivity contribution in [2.24, 2.45) is 0 Å². The van der Waals surface area contributed by atoms with E-state index in [-0.39, 0.29) is 38.1 Å². The molecule has 126 valence electrons. The number of hydrogen-bond donors (Lipinski definition) is 1. The lowest BCUT2D eigenvalue weighted by atomic mass is 10.1. The number of thioether (sulfide) groups is 1. The van der Waals surface area contributed by atoms with Crippen molar-refractivity contribution in [2.75, 3.05) is 39.7 Å². The molecule has 7 heteroatoms. The molecule has 0 radical (unpaired) electrons. The molecular formula is C16H20FNO3S2. The van der Waals surface area contributed by atoms with Crippen LogP contribution in [0.25, 0.3) is 10.1 Å². The highest BCUT2D eigenvalue weighted by atomic mass is 32.2. The van der Waals surface area contributed by atoms with Crippen molar-refractivity contribution < 1.29 is 19.0 Å². The molecule has 0 aliphatic carbocycles. The third-order valence-corrected chi connectivity index (χ3v) is 5.39. The fourth-order valence-electron chi connectivity index (χ4n) is 2.20. The van der Waals surface area contributed by atoms with E-state index in [9.17, 15) is 9.18 Å². The summed E-state index contributed by atoms with van der Waals surface area (Å²) in [7, 11) is 1.61. The normalized spacial score (nSPS) is 11.1. The Morgan fingerprint density at radius 2 is 2.30 bits per heavy atom. The summed E-state index contributed by atoms with van der Waals surface area (Å²) in [5.74, 6) is -0.391. The average Bonchev–Trinajstić information content (AvgIpc) is 2.99. The first-order chi connectivity index (χ1) is 11.1. The summed E-state index contributed by atoms with van der Waals surface area (Å²) in [6.07, 6.45) is 2.29. The third kappa shape index (κ3) is 4.44. The SMILES string of the molecule is CSc1c(F)c(CCOCC(=O)N(C)CCO)cc2ccsc12. The van der Waals surface area contributed by atoms with E-state index in [4.69, 9.17) is 9.84 Å². The number of hydrogen-bond acceptors (Lipinski definition) is 5. The van der Waals surface area contributed by atoms with E-state index in [1.807, 2.05) is 23.8 Å². The zero-order chi connectivity index (χ0) is 16.8. The minimum Gasteiger partial charge on any atom is -0.395 e. The summed E-state index contributed by atoms with van der Waals surface area (Å²) in [6, 6.07) is 3.83. The number of fused-ring (bicyclic) bond motifs is 1. The summed E-state index contributed by atoms with van der Waals surface area (Å²) < 4.78 is 20.8. The molecule has 1 N–H and O–H groups in total. The number of benzene rings is 1. The molecule has 0 saturated heterocycles. The highest BCUT2D eigenvalue weighted by Crippen LogP contribution is 2.35. The van der Waals surface area contributed by atoms with Gasteiger partial charge in [0.2, 0.25) is 5.91 Å². The van der Waals surface area contributed by atoms with Gasteiger partial charge in [-0.2, -0.15) is 0 Å². The van der Waals surface area contributed by atoms with Crippen molar-refractivity contribution in [3.05, 3.63) is 28.9 Å². The largest absolute Gasteiger partial charge is 0.395 e. The van der Waals surface area contributed by atoms with Crippen LogP contribution in [0.4, 0.5) is 4.39 Å². The molecule has 0 aliphatic rings. The Morgan fingerprint density at radius 3 is 3.00 bits per heavy atom. The number of ether oxygens (including phenoxy) is 1. The standard InChI is InChI=1S/C16H20FNO3S2/c1-18(5-6-19)13(20)10-21-7-3-11-9-12-4-8-23-15(12)16(22-2)14(11)17/h4,8-9,19H,3,5-7,10H2,1-2H3. The first kappa shape index (κ1) is 18.2. The molecule has 1 amide bonds. The van der Waals surface area contributed by atoms with Gasteiger partial charge in [0.1, 0.15) is 12.4 Å². The molecule has 2 rings (SSSR count). The van der Waals surface area contributed by atoms with E-state index in [2.05, 4.69) is 0 Å². The predicted molar refractivity (Wildman–Crippen MR) is 92.8 cm³/mol. The Bertz CT molecular complexity index is 675. The van der Waals surface area contributed by atoms with Crippen molar-refractivity contribution in [2.45, 2.75) is 11.3 Å². The molecule has 0 fully saturated rings. The fraction of sp³-hybridized carbons (Fsp3) is 0.438. The zero-order valence-corrected chi connectivity index (χ0v) is 14.8. The third-order valence-electron chi connectivity index (χ3n) is 3.52. The maximum Gasteiger partial charge on any atom is 0.248 e. The highest BCUT2D eigenvalue weighted by Gasteiger charge is 2.14. The number of aliphatic hydroxyl groups is 1. The van der Waals surface area contributed by atoms with Gasteiger partial charge in [-0.25, -0.2) is 4.39 Å².